The zero-order valence-electron chi connectivity index (χ0n) is 22.4. The molecule has 0 saturated heterocycles. The molecule has 39 heavy (non-hydrogen) atoms. The van der Waals surface area contributed by atoms with Crippen LogP contribution in [-0.4, -0.2) is 37.2 Å². The van der Waals surface area contributed by atoms with E-state index in [-0.39, 0.29) is 11.4 Å². The van der Waals surface area contributed by atoms with Gasteiger partial charge in [0.05, 0.1) is 12.6 Å². The topological polar surface area (TPSA) is 88.9 Å². The van der Waals surface area contributed by atoms with Gasteiger partial charge in [0.25, 0.3) is 5.56 Å². The lowest BCUT2D eigenvalue weighted by atomic mass is 10.00. The zero-order valence-corrected chi connectivity index (χ0v) is 22.4. The van der Waals surface area contributed by atoms with Gasteiger partial charge in [0.1, 0.15) is 17.6 Å². The van der Waals surface area contributed by atoms with E-state index in [0.717, 1.165) is 16.5 Å². The first-order chi connectivity index (χ1) is 18.7. The van der Waals surface area contributed by atoms with Crippen molar-refractivity contribution in [3.63, 3.8) is 0 Å². The van der Waals surface area contributed by atoms with Crippen LogP contribution in [0.1, 0.15) is 49.3 Å². The average molecular weight is 527 g/mol. The van der Waals surface area contributed by atoms with Crippen molar-refractivity contribution in [1.82, 2.24) is 30.1 Å². The lowest BCUT2D eigenvalue weighted by molar-refractivity contribution is 0.184. The highest BCUT2D eigenvalue weighted by Crippen LogP contribution is 2.32. The van der Waals surface area contributed by atoms with E-state index in [2.05, 4.69) is 25.4 Å². The summed E-state index contributed by atoms with van der Waals surface area (Å²) in [5, 5.41) is 13.6. The molecule has 5 rings (SSSR count). The Morgan fingerprint density at radius 2 is 1.67 bits per heavy atom. The summed E-state index contributed by atoms with van der Waals surface area (Å²) in [7, 11) is 1.61. The van der Waals surface area contributed by atoms with Crippen molar-refractivity contribution in [2.45, 2.75) is 45.4 Å². The number of halogens is 1. The highest BCUT2D eigenvalue weighted by atomic mass is 19.1. The van der Waals surface area contributed by atoms with E-state index in [1.54, 1.807) is 23.9 Å². The van der Waals surface area contributed by atoms with Gasteiger partial charge in [0.15, 0.2) is 5.82 Å². The maximum atomic E-state index is 13.8. The number of benzene rings is 3. The Labute approximate surface area is 226 Å². The quantitative estimate of drug-likeness (QED) is 0.299. The Kier molecular flexibility index (Phi) is 7.26. The molecule has 200 valence electrons. The molecular weight excluding hydrogens is 495 g/mol. The summed E-state index contributed by atoms with van der Waals surface area (Å²) >= 11 is 0. The third-order valence-corrected chi connectivity index (χ3v) is 6.64. The van der Waals surface area contributed by atoms with E-state index >= 15 is 0 Å². The number of H-pyrrole nitrogens is 1. The maximum Gasteiger partial charge on any atom is 0.253 e. The molecule has 1 N–H and O–H groups in total. The molecule has 0 radical (unpaired) electrons. The van der Waals surface area contributed by atoms with Crippen LogP contribution in [0.2, 0.25) is 0 Å². The molecule has 0 spiro atoms. The second-order valence-corrected chi connectivity index (χ2v) is 10.5. The number of ether oxygens (including phenoxy) is 1. The van der Waals surface area contributed by atoms with Crippen LogP contribution in [0.4, 0.5) is 4.39 Å². The second-order valence-electron chi connectivity index (χ2n) is 10.5. The number of nitrogens with one attached hydrogen (secondary N) is 1. The van der Waals surface area contributed by atoms with Gasteiger partial charge in [0.2, 0.25) is 0 Å². The van der Waals surface area contributed by atoms with Gasteiger partial charge in [-0.25, -0.2) is 9.07 Å². The fraction of sp³-hybridized carbons (Fsp3) is 0.267. The number of tetrazole rings is 1. The van der Waals surface area contributed by atoms with E-state index in [0.29, 0.717) is 35.7 Å². The highest BCUT2D eigenvalue weighted by molar-refractivity contribution is 5.80. The van der Waals surface area contributed by atoms with Crippen LogP contribution in [0, 0.1) is 5.82 Å². The standard InChI is InChI=1S/C30H31FN6O2/c1-30(2,3)37-28(33-34-35-37)27(25-17-22-16-24(39-4)14-15-26(22)32-29(25)38)36(18-20-8-6-5-7-9-20)19-21-10-12-23(31)13-11-21/h5-17,27H,18-19H2,1-4H3,(H,32,38). The molecule has 0 fully saturated rings. The molecular formula is C30H31FN6O2. The first kappa shape index (κ1) is 26.2. The molecule has 0 aliphatic heterocycles. The molecule has 2 heterocycles. The van der Waals surface area contributed by atoms with Crippen LogP contribution in [0.15, 0.2) is 83.7 Å². The minimum Gasteiger partial charge on any atom is -0.497 e. The van der Waals surface area contributed by atoms with Gasteiger partial charge in [-0.2, -0.15) is 0 Å². The highest BCUT2D eigenvalue weighted by Gasteiger charge is 2.33. The fourth-order valence-electron chi connectivity index (χ4n) is 4.75. The number of nitrogens with zero attached hydrogens (tertiary/aromatic N) is 5. The van der Waals surface area contributed by atoms with Gasteiger partial charge in [-0.05, 0) is 78.7 Å². The summed E-state index contributed by atoms with van der Waals surface area (Å²) in [6.45, 7) is 6.96. The number of hydrogen-bond donors (Lipinski definition) is 1. The predicted molar refractivity (Wildman–Crippen MR) is 148 cm³/mol. The molecule has 9 heteroatoms. The van der Waals surface area contributed by atoms with Crippen molar-refractivity contribution in [3.8, 4) is 5.75 Å². The lowest BCUT2D eigenvalue weighted by Gasteiger charge is -2.33. The van der Waals surface area contributed by atoms with E-state index in [1.165, 1.54) is 12.1 Å². The van der Waals surface area contributed by atoms with Crippen molar-refractivity contribution in [1.29, 1.82) is 0 Å². The number of methoxy groups -OCH3 is 1. The smallest absolute Gasteiger partial charge is 0.253 e. The summed E-state index contributed by atoms with van der Waals surface area (Å²) in [4.78, 5) is 18.9. The van der Waals surface area contributed by atoms with Crippen LogP contribution in [0.3, 0.4) is 0 Å². The van der Waals surface area contributed by atoms with Crippen molar-refractivity contribution < 1.29 is 9.13 Å². The maximum absolute atomic E-state index is 13.8. The Bertz CT molecular complexity index is 1620. The fourth-order valence-corrected chi connectivity index (χ4v) is 4.75. The van der Waals surface area contributed by atoms with Gasteiger partial charge in [-0.1, -0.05) is 42.5 Å². The molecule has 1 atom stereocenters. The SMILES string of the molecule is COc1ccc2[nH]c(=O)c(C(c3nnnn3C(C)(C)C)N(Cc3ccccc3)Cc3ccc(F)cc3)cc2c1. The predicted octanol–water partition coefficient (Wildman–Crippen LogP) is 5.21. The lowest BCUT2D eigenvalue weighted by Crippen LogP contribution is -2.37. The molecule has 0 bridgehead atoms. The number of pyridine rings is 1. The van der Waals surface area contributed by atoms with Crippen LogP contribution < -0.4 is 10.3 Å². The average Bonchev–Trinajstić information content (AvgIpc) is 3.41. The summed E-state index contributed by atoms with van der Waals surface area (Å²) < 4.78 is 21.0. The van der Waals surface area contributed by atoms with E-state index in [9.17, 15) is 9.18 Å². The molecule has 2 aromatic heterocycles. The first-order valence-electron chi connectivity index (χ1n) is 12.7. The largest absolute Gasteiger partial charge is 0.497 e. The normalized spacial score (nSPS) is 12.7. The van der Waals surface area contributed by atoms with E-state index in [4.69, 9.17) is 4.74 Å². The Balaban J connectivity index is 1.73. The Hall–Kier alpha value is -4.37. The first-order valence-corrected chi connectivity index (χ1v) is 12.7. The minimum atomic E-state index is -0.621. The van der Waals surface area contributed by atoms with E-state index in [1.807, 2.05) is 75.4 Å². The number of aromatic nitrogens is 5. The van der Waals surface area contributed by atoms with Gasteiger partial charge in [-0.3, -0.25) is 9.69 Å². The number of hydrogen-bond acceptors (Lipinski definition) is 6. The third kappa shape index (κ3) is 5.73. The minimum absolute atomic E-state index is 0.238. The number of fused-ring (bicyclic) bond motifs is 1. The molecule has 1 unspecified atom stereocenters. The second kappa shape index (κ2) is 10.8. The monoisotopic (exact) mass is 526 g/mol. The van der Waals surface area contributed by atoms with Crippen molar-refractivity contribution in [2.75, 3.05) is 7.11 Å². The van der Waals surface area contributed by atoms with Gasteiger partial charge >= 0.3 is 0 Å². The third-order valence-electron chi connectivity index (χ3n) is 6.64. The van der Waals surface area contributed by atoms with Crippen LogP contribution in [-0.2, 0) is 18.6 Å². The summed E-state index contributed by atoms with van der Waals surface area (Å²) in [5.74, 6) is 0.916. The van der Waals surface area contributed by atoms with E-state index < -0.39 is 11.6 Å². The summed E-state index contributed by atoms with van der Waals surface area (Å²) in [6.07, 6.45) is 0. The molecule has 0 amide bonds. The summed E-state index contributed by atoms with van der Waals surface area (Å²) in [6, 6.07) is 23.2. The molecule has 0 saturated carbocycles. The van der Waals surface area contributed by atoms with Gasteiger partial charge in [-0.15, -0.1) is 5.10 Å². The zero-order chi connectivity index (χ0) is 27.6. The Morgan fingerprint density at radius 3 is 2.33 bits per heavy atom. The van der Waals surface area contributed by atoms with Gasteiger partial charge < -0.3 is 9.72 Å². The molecule has 3 aromatic carbocycles. The number of rotatable bonds is 8. The molecule has 0 aliphatic rings. The summed E-state index contributed by atoms with van der Waals surface area (Å²) in [5.41, 5.74) is 2.46. The van der Waals surface area contributed by atoms with Crippen molar-refractivity contribution >= 4 is 10.9 Å². The molecule has 5 aromatic rings. The number of aromatic amines is 1. The van der Waals surface area contributed by atoms with Crippen molar-refractivity contribution in [2.24, 2.45) is 0 Å². The van der Waals surface area contributed by atoms with Crippen molar-refractivity contribution in [3.05, 3.63) is 118 Å². The molecule has 8 nitrogen and oxygen atoms in total. The van der Waals surface area contributed by atoms with Gasteiger partial charge in [0, 0.05) is 29.6 Å². The van der Waals surface area contributed by atoms with Crippen LogP contribution in [0.5, 0.6) is 5.75 Å². The van der Waals surface area contributed by atoms with Crippen LogP contribution >= 0.6 is 0 Å². The van der Waals surface area contributed by atoms with Crippen LogP contribution in [0.25, 0.3) is 10.9 Å². The molecule has 0 aliphatic carbocycles. The Morgan fingerprint density at radius 1 is 0.974 bits per heavy atom.